The normalized spacial score (nSPS) is 12.7. The molecule has 0 unspecified atom stereocenters. The molecule has 0 fully saturated rings. The maximum Gasteiger partial charge on any atom is 0.349 e. The summed E-state index contributed by atoms with van der Waals surface area (Å²) in [5.41, 5.74) is 0.299. The van der Waals surface area contributed by atoms with Crippen LogP contribution >= 0.6 is 11.3 Å². The summed E-state index contributed by atoms with van der Waals surface area (Å²) < 4.78 is 30.5. The number of nitrogens with zero attached hydrogens (tertiary/aromatic N) is 1. The first-order chi connectivity index (χ1) is 12.1. The molecular weight excluding hydrogens is 376 g/mol. The Morgan fingerprint density at radius 3 is 2.46 bits per heavy atom. The summed E-state index contributed by atoms with van der Waals surface area (Å²) in [6.07, 6.45) is -1.03. The molecule has 2 rings (SSSR count). The largest absolute Gasteiger partial charge is 0.448 e. The van der Waals surface area contributed by atoms with Crippen LogP contribution in [0.2, 0.25) is 0 Å². The lowest BCUT2D eigenvalue weighted by molar-refractivity contribution is -0.123. The highest BCUT2D eigenvalue weighted by Gasteiger charge is 2.21. The van der Waals surface area contributed by atoms with Gasteiger partial charge in [0.2, 0.25) is 10.0 Å². The number of benzene rings is 1. The fraction of sp³-hybridized carbons (Fsp3) is 0.294. The second-order valence-electron chi connectivity index (χ2n) is 5.76. The molecule has 0 bridgehead atoms. The van der Waals surface area contributed by atoms with E-state index in [0.717, 1.165) is 9.18 Å². The number of carbonyl (C=O) groups excluding carboxylic acids is 2. The molecule has 1 atom stereocenters. The molecule has 140 valence electrons. The molecule has 0 spiro atoms. The van der Waals surface area contributed by atoms with E-state index in [0.29, 0.717) is 10.6 Å². The standard InChI is InChI=1S/C17H20N2O5S2/c1-11-8-9-15(25-11)17(21)24-12(2)16(20)18-13-6-5-7-14(10-13)26(22,23)19(3)4/h5-10,12H,1-4H3,(H,18,20)/t12-/m0/s1. The van der Waals surface area contributed by atoms with Crippen molar-refractivity contribution in [3.8, 4) is 0 Å². The van der Waals surface area contributed by atoms with Crippen LogP contribution in [0, 0.1) is 6.92 Å². The average molecular weight is 396 g/mol. The number of rotatable bonds is 6. The summed E-state index contributed by atoms with van der Waals surface area (Å²) in [6.45, 7) is 3.32. The van der Waals surface area contributed by atoms with Gasteiger partial charge in [0.1, 0.15) is 4.88 Å². The zero-order valence-corrected chi connectivity index (χ0v) is 16.5. The number of sulfonamides is 1. The van der Waals surface area contributed by atoms with E-state index in [9.17, 15) is 18.0 Å². The SMILES string of the molecule is Cc1ccc(C(=O)O[C@@H](C)C(=O)Nc2cccc(S(=O)(=O)N(C)C)c2)s1. The van der Waals surface area contributed by atoms with Gasteiger partial charge < -0.3 is 10.1 Å². The van der Waals surface area contributed by atoms with Gasteiger partial charge in [-0.05, 0) is 44.2 Å². The Kier molecular flexibility index (Phi) is 6.17. The van der Waals surface area contributed by atoms with Crippen LogP contribution in [0.15, 0.2) is 41.3 Å². The molecule has 2 aromatic rings. The van der Waals surface area contributed by atoms with Crippen molar-refractivity contribution < 1.29 is 22.7 Å². The van der Waals surface area contributed by atoms with Gasteiger partial charge in [-0.3, -0.25) is 4.79 Å². The Morgan fingerprint density at radius 1 is 1.19 bits per heavy atom. The molecule has 1 amide bonds. The van der Waals surface area contributed by atoms with E-state index in [2.05, 4.69) is 5.32 Å². The number of carbonyl (C=O) groups is 2. The van der Waals surface area contributed by atoms with Crippen molar-refractivity contribution in [1.82, 2.24) is 4.31 Å². The molecule has 7 nitrogen and oxygen atoms in total. The third-order valence-electron chi connectivity index (χ3n) is 3.47. The first-order valence-electron chi connectivity index (χ1n) is 7.72. The van der Waals surface area contributed by atoms with Crippen LogP contribution in [0.3, 0.4) is 0 Å². The molecule has 0 aliphatic rings. The van der Waals surface area contributed by atoms with Crippen LogP contribution in [-0.2, 0) is 19.6 Å². The Bertz CT molecular complexity index is 919. The van der Waals surface area contributed by atoms with E-state index in [1.54, 1.807) is 18.2 Å². The molecule has 1 heterocycles. The summed E-state index contributed by atoms with van der Waals surface area (Å²) in [5.74, 6) is -1.12. The zero-order chi connectivity index (χ0) is 19.5. The zero-order valence-electron chi connectivity index (χ0n) is 14.8. The van der Waals surface area contributed by atoms with E-state index in [1.807, 2.05) is 6.92 Å². The van der Waals surface area contributed by atoms with Crippen molar-refractivity contribution in [2.75, 3.05) is 19.4 Å². The van der Waals surface area contributed by atoms with E-state index in [1.165, 1.54) is 50.6 Å². The smallest absolute Gasteiger partial charge is 0.349 e. The highest BCUT2D eigenvalue weighted by molar-refractivity contribution is 7.89. The van der Waals surface area contributed by atoms with Crippen molar-refractivity contribution >= 4 is 38.9 Å². The molecule has 0 saturated heterocycles. The van der Waals surface area contributed by atoms with Gasteiger partial charge in [-0.2, -0.15) is 0 Å². The first-order valence-corrected chi connectivity index (χ1v) is 9.98. The number of hydrogen-bond donors (Lipinski definition) is 1. The Morgan fingerprint density at radius 2 is 1.88 bits per heavy atom. The molecule has 0 saturated carbocycles. The van der Waals surface area contributed by atoms with Crippen LogP contribution in [0.1, 0.15) is 21.5 Å². The number of aryl methyl sites for hydroxylation is 1. The monoisotopic (exact) mass is 396 g/mol. The number of thiophene rings is 1. The van der Waals surface area contributed by atoms with Crippen LogP contribution in [0.4, 0.5) is 5.69 Å². The van der Waals surface area contributed by atoms with Crippen molar-refractivity contribution in [2.45, 2.75) is 24.8 Å². The Labute approximate surface area is 156 Å². The number of anilines is 1. The van der Waals surface area contributed by atoms with E-state index >= 15 is 0 Å². The van der Waals surface area contributed by atoms with Crippen LogP contribution in [0.25, 0.3) is 0 Å². The number of esters is 1. The molecule has 9 heteroatoms. The van der Waals surface area contributed by atoms with E-state index < -0.39 is 28.0 Å². The minimum atomic E-state index is -3.61. The van der Waals surface area contributed by atoms with Crippen molar-refractivity contribution in [3.63, 3.8) is 0 Å². The van der Waals surface area contributed by atoms with Gasteiger partial charge in [0.15, 0.2) is 6.10 Å². The quantitative estimate of drug-likeness (QED) is 0.758. The van der Waals surface area contributed by atoms with E-state index in [4.69, 9.17) is 4.74 Å². The third kappa shape index (κ3) is 4.69. The maximum absolute atomic E-state index is 12.2. The highest BCUT2D eigenvalue weighted by Crippen LogP contribution is 2.19. The average Bonchev–Trinajstić information content (AvgIpc) is 3.01. The minimum Gasteiger partial charge on any atom is -0.448 e. The molecule has 1 aromatic heterocycles. The fourth-order valence-corrected chi connectivity index (χ4v) is 3.70. The number of hydrogen-bond acceptors (Lipinski definition) is 6. The second-order valence-corrected chi connectivity index (χ2v) is 9.20. The predicted octanol–water partition coefficient (Wildman–Crippen LogP) is 2.49. The maximum atomic E-state index is 12.2. The van der Waals surface area contributed by atoms with Crippen LogP contribution in [0.5, 0.6) is 0 Å². The predicted molar refractivity (Wildman–Crippen MR) is 99.9 cm³/mol. The Balaban J connectivity index is 2.06. The van der Waals surface area contributed by atoms with Gasteiger partial charge in [0, 0.05) is 24.7 Å². The van der Waals surface area contributed by atoms with Gasteiger partial charge >= 0.3 is 5.97 Å². The third-order valence-corrected chi connectivity index (χ3v) is 6.27. The lowest BCUT2D eigenvalue weighted by Gasteiger charge is -2.15. The van der Waals surface area contributed by atoms with Crippen LogP contribution < -0.4 is 5.32 Å². The molecule has 0 aliphatic heterocycles. The van der Waals surface area contributed by atoms with Gasteiger partial charge in [-0.15, -0.1) is 11.3 Å². The molecule has 0 aliphatic carbocycles. The lowest BCUT2D eigenvalue weighted by atomic mass is 10.3. The van der Waals surface area contributed by atoms with Gasteiger partial charge in [-0.25, -0.2) is 17.5 Å². The second kappa shape index (κ2) is 7.98. The fourth-order valence-electron chi connectivity index (χ4n) is 2.01. The highest BCUT2D eigenvalue weighted by atomic mass is 32.2. The van der Waals surface area contributed by atoms with Crippen molar-refractivity contribution in [3.05, 3.63) is 46.2 Å². The Hall–Kier alpha value is -2.23. The summed E-state index contributed by atoms with van der Waals surface area (Å²) in [6, 6.07) is 9.31. The number of ether oxygens (including phenoxy) is 1. The van der Waals surface area contributed by atoms with Gasteiger partial charge in [0.25, 0.3) is 5.91 Å². The summed E-state index contributed by atoms with van der Waals surface area (Å²) in [4.78, 5) is 25.7. The summed E-state index contributed by atoms with van der Waals surface area (Å²) in [7, 11) is -0.760. The van der Waals surface area contributed by atoms with Crippen molar-refractivity contribution in [2.24, 2.45) is 0 Å². The molecule has 1 aromatic carbocycles. The lowest BCUT2D eigenvalue weighted by Crippen LogP contribution is -2.30. The molecule has 0 radical (unpaired) electrons. The van der Waals surface area contributed by atoms with E-state index in [-0.39, 0.29) is 4.90 Å². The topological polar surface area (TPSA) is 92.8 Å². The molecule has 1 N–H and O–H groups in total. The molecular formula is C17H20N2O5S2. The number of nitrogens with one attached hydrogen (secondary N) is 1. The first kappa shape index (κ1) is 20.1. The number of amides is 1. The summed E-state index contributed by atoms with van der Waals surface area (Å²) in [5, 5.41) is 2.56. The summed E-state index contributed by atoms with van der Waals surface area (Å²) >= 11 is 1.28. The minimum absolute atomic E-state index is 0.0546. The molecule has 26 heavy (non-hydrogen) atoms. The van der Waals surface area contributed by atoms with Crippen LogP contribution in [-0.4, -0.2) is 44.8 Å². The van der Waals surface area contributed by atoms with Gasteiger partial charge in [0.05, 0.1) is 4.90 Å². The van der Waals surface area contributed by atoms with Gasteiger partial charge in [-0.1, -0.05) is 6.07 Å². The van der Waals surface area contributed by atoms with Crippen molar-refractivity contribution in [1.29, 1.82) is 0 Å².